The molecule has 0 aromatic carbocycles. The van der Waals surface area contributed by atoms with E-state index in [0.29, 0.717) is 25.4 Å². The van der Waals surface area contributed by atoms with Gasteiger partial charge in [0.25, 0.3) is 0 Å². The Bertz CT molecular complexity index is 279. The average molecular weight is 242 g/mol. The summed E-state index contributed by atoms with van der Waals surface area (Å²) in [6.07, 6.45) is 1.61. The van der Waals surface area contributed by atoms with Crippen LogP contribution in [-0.4, -0.2) is 47.6 Å². The number of carboxylic acid groups (broad SMARTS) is 1. The Morgan fingerprint density at radius 1 is 1.59 bits per heavy atom. The third-order valence-corrected chi connectivity index (χ3v) is 2.97. The van der Waals surface area contributed by atoms with Crippen molar-refractivity contribution in [3.63, 3.8) is 0 Å². The van der Waals surface area contributed by atoms with E-state index in [2.05, 4.69) is 24.1 Å². The van der Waals surface area contributed by atoms with E-state index >= 15 is 0 Å². The first-order valence-corrected chi connectivity index (χ1v) is 6.24. The van der Waals surface area contributed by atoms with Gasteiger partial charge >= 0.3 is 5.97 Å². The van der Waals surface area contributed by atoms with Crippen molar-refractivity contribution in [2.24, 2.45) is 5.92 Å². The molecule has 2 N–H and O–H groups in total. The molecule has 0 radical (unpaired) electrons. The zero-order chi connectivity index (χ0) is 12.8. The highest BCUT2D eigenvalue weighted by atomic mass is 16.4. The molecule has 0 bridgehead atoms. The van der Waals surface area contributed by atoms with Crippen LogP contribution in [0.15, 0.2) is 0 Å². The maximum Gasteiger partial charge on any atom is 0.303 e. The lowest BCUT2D eigenvalue weighted by atomic mass is 10.00. The zero-order valence-electron chi connectivity index (χ0n) is 10.6. The van der Waals surface area contributed by atoms with Gasteiger partial charge in [0, 0.05) is 19.5 Å². The molecule has 1 aliphatic heterocycles. The minimum absolute atomic E-state index is 0.0836. The summed E-state index contributed by atoms with van der Waals surface area (Å²) in [5.74, 6) is -0.224. The van der Waals surface area contributed by atoms with Crippen molar-refractivity contribution in [1.82, 2.24) is 10.2 Å². The molecule has 5 nitrogen and oxygen atoms in total. The largest absolute Gasteiger partial charge is 0.481 e. The Labute approximate surface area is 102 Å². The molecule has 5 heteroatoms. The van der Waals surface area contributed by atoms with Crippen LogP contribution >= 0.6 is 0 Å². The monoisotopic (exact) mass is 242 g/mol. The standard InChI is InChI=1S/C12H22N2O3/c1-9(2)8-10-12(17)13-5-7-14(10)6-3-4-11(15)16/h9-10H,3-8H2,1-2H3,(H,13,17)(H,15,16). The maximum atomic E-state index is 11.8. The highest BCUT2D eigenvalue weighted by Gasteiger charge is 2.29. The number of carbonyl (C=O) groups excluding carboxylic acids is 1. The van der Waals surface area contributed by atoms with Crippen molar-refractivity contribution in [1.29, 1.82) is 0 Å². The lowest BCUT2D eigenvalue weighted by Gasteiger charge is -2.35. The van der Waals surface area contributed by atoms with Crippen LogP contribution in [-0.2, 0) is 9.59 Å². The normalized spacial score (nSPS) is 21.6. The molecule has 1 atom stereocenters. The highest BCUT2D eigenvalue weighted by molar-refractivity contribution is 5.82. The number of carboxylic acids is 1. The quantitative estimate of drug-likeness (QED) is 0.719. The Morgan fingerprint density at radius 2 is 2.29 bits per heavy atom. The molecule has 17 heavy (non-hydrogen) atoms. The second-order valence-electron chi connectivity index (χ2n) is 4.97. The molecule has 0 saturated carbocycles. The van der Waals surface area contributed by atoms with E-state index in [1.54, 1.807) is 0 Å². The molecule has 0 aromatic heterocycles. The molecular weight excluding hydrogens is 220 g/mol. The average Bonchev–Trinajstić information content (AvgIpc) is 2.22. The van der Waals surface area contributed by atoms with E-state index in [1.165, 1.54) is 0 Å². The van der Waals surface area contributed by atoms with Gasteiger partial charge in [0.1, 0.15) is 0 Å². The predicted octanol–water partition coefficient (Wildman–Crippen LogP) is 0.698. The van der Waals surface area contributed by atoms with Crippen LogP contribution in [0.25, 0.3) is 0 Å². The number of hydrogen-bond donors (Lipinski definition) is 2. The minimum atomic E-state index is -0.771. The van der Waals surface area contributed by atoms with Crippen LogP contribution in [0, 0.1) is 5.92 Å². The number of nitrogens with one attached hydrogen (secondary N) is 1. The van der Waals surface area contributed by atoms with E-state index < -0.39 is 5.97 Å². The summed E-state index contributed by atoms with van der Waals surface area (Å²) >= 11 is 0. The van der Waals surface area contributed by atoms with Crippen LogP contribution in [0.3, 0.4) is 0 Å². The van der Waals surface area contributed by atoms with Gasteiger partial charge in [0.2, 0.25) is 5.91 Å². The van der Waals surface area contributed by atoms with Gasteiger partial charge in [-0.15, -0.1) is 0 Å². The topological polar surface area (TPSA) is 69.6 Å². The highest BCUT2D eigenvalue weighted by Crippen LogP contribution is 2.15. The van der Waals surface area contributed by atoms with Crippen molar-refractivity contribution >= 4 is 11.9 Å². The molecule has 1 amide bonds. The fourth-order valence-electron chi connectivity index (χ4n) is 2.17. The van der Waals surface area contributed by atoms with Gasteiger partial charge in [-0.25, -0.2) is 0 Å². The predicted molar refractivity (Wildman–Crippen MR) is 64.7 cm³/mol. The molecule has 1 heterocycles. The Morgan fingerprint density at radius 3 is 2.88 bits per heavy atom. The van der Waals surface area contributed by atoms with E-state index in [4.69, 9.17) is 5.11 Å². The maximum absolute atomic E-state index is 11.8. The third kappa shape index (κ3) is 4.73. The SMILES string of the molecule is CC(C)CC1C(=O)NCCN1CCCC(=O)O. The molecule has 0 aliphatic carbocycles. The van der Waals surface area contributed by atoms with Crippen molar-refractivity contribution in [2.75, 3.05) is 19.6 Å². The molecule has 1 fully saturated rings. The summed E-state index contributed by atoms with van der Waals surface area (Å²) in [5, 5.41) is 11.5. The van der Waals surface area contributed by atoms with Crippen LogP contribution in [0.5, 0.6) is 0 Å². The van der Waals surface area contributed by atoms with Gasteiger partial charge in [0.15, 0.2) is 0 Å². The molecule has 0 spiro atoms. The van der Waals surface area contributed by atoms with Gasteiger partial charge in [-0.2, -0.15) is 0 Å². The lowest BCUT2D eigenvalue weighted by molar-refractivity contribution is -0.137. The lowest BCUT2D eigenvalue weighted by Crippen LogP contribution is -2.55. The van der Waals surface area contributed by atoms with Gasteiger partial charge in [0.05, 0.1) is 6.04 Å². The van der Waals surface area contributed by atoms with Gasteiger partial charge < -0.3 is 10.4 Å². The summed E-state index contributed by atoms with van der Waals surface area (Å²) < 4.78 is 0. The molecule has 1 saturated heterocycles. The van der Waals surface area contributed by atoms with E-state index in [9.17, 15) is 9.59 Å². The second-order valence-corrected chi connectivity index (χ2v) is 4.97. The Kier molecular flexibility index (Phi) is 5.41. The summed E-state index contributed by atoms with van der Waals surface area (Å²) in [4.78, 5) is 24.3. The summed E-state index contributed by atoms with van der Waals surface area (Å²) in [5.41, 5.74) is 0. The third-order valence-electron chi connectivity index (χ3n) is 2.97. The number of hydrogen-bond acceptors (Lipinski definition) is 3. The second kappa shape index (κ2) is 6.59. The minimum Gasteiger partial charge on any atom is -0.481 e. The van der Waals surface area contributed by atoms with E-state index in [0.717, 1.165) is 13.0 Å². The van der Waals surface area contributed by atoms with Crippen LogP contribution in [0.4, 0.5) is 0 Å². The van der Waals surface area contributed by atoms with Gasteiger partial charge in [-0.05, 0) is 25.3 Å². The summed E-state index contributed by atoms with van der Waals surface area (Å²) in [6, 6.07) is -0.0856. The number of amides is 1. The molecule has 98 valence electrons. The Balaban J connectivity index is 2.47. The van der Waals surface area contributed by atoms with Gasteiger partial charge in [-0.1, -0.05) is 13.8 Å². The number of nitrogens with zero attached hydrogens (tertiary/aromatic N) is 1. The zero-order valence-corrected chi connectivity index (χ0v) is 10.6. The molecule has 1 aliphatic rings. The number of aliphatic carboxylic acids is 1. The first-order chi connectivity index (χ1) is 8.00. The number of carbonyl (C=O) groups is 2. The van der Waals surface area contributed by atoms with Crippen LogP contribution in [0.1, 0.15) is 33.1 Å². The van der Waals surface area contributed by atoms with Gasteiger partial charge in [-0.3, -0.25) is 14.5 Å². The summed E-state index contributed by atoms with van der Waals surface area (Å²) in [7, 11) is 0. The van der Waals surface area contributed by atoms with E-state index in [1.807, 2.05) is 0 Å². The van der Waals surface area contributed by atoms with Crippen LogP contribution in [0.2, 0.25) is 0 Å². The van der Waals surface area contributed by atoms with Crippen molar-refractivity contribution in [2.45, 2.75) is 39.2 Å². The van der Waals surface area contributed by atoms with Crippen molar-refractivity contribution in [3.05, 3.63) is 0 Å². The fourth-order valence-corrected chi connectivity index (χ4v) is 2.17. The smallest absolute Gasteiger partial charge is 0.303 e. The fraction of sp³-hybridized carbons (Fsp3) is 0.833. The first kappa shape index (κ1) is 14.0. The molecule has 0 aromatic rings. The van der Waals surface area contributed by atoms with Crippen molar-refractivity contribution in [3.8, 4) is 0 Å². The molecule has 1 unspecified atom stereocenters. The molecular formula is C12H22N2O3. The number of rotatable bonds is 6. The summed E-state index contributed by atoms with van der Waals surface area (Å²) in [6.45, 7) is 6.37. The first-order valence-electron chi connectivity index (χ1n) is 6.24. The van der Waals surface area contributed by atoms with Crippen molar-refractivity contribution < 1.29 is 14.7 Å². The Hall–Kier alpha value is -1.10. The molecule has 1 rings (SSSR count). The van der Waals surface area contributed by atoms with Crippen LogP contribution < -0.4 is 5.32 Å². The van der Waals surface area contributed by atoms with E-state index in [-0.39, 0.29) is 18.4 Å². The number of piperazine rings is 1.